The van der Waals surface area contributed by atoms with Gasteiger partial charge in [-0.05, 0) is 36.8 Å². The van der Waals surface area contributed by atoms with E-state index in [1.165, 1.54) is 56.1 Å². The average molecular weight is 261 g/mol. The predicted octanol–water partition coefficient (Wildman–Crippen LogP) is 4.87. The first-order valence-electron chi connectivity index (χ1n) is 8.09. The van der Waals surface area contributed by atoms with Crippen molar-refractivity contribution < 1.29 is 0 Å². The summed E-state index contributed by atoms with van der Waals surface area (Å²) in [5.74, 6) is 0. The standard InChI is InChI=1S/C18H31N/c1-3-5-7-8-9-16-11-13-17(14-12-16)15-18(19)10-6-4-2/h11-14,18H,3-10,15,19H2,1-2H3. The molecule has 1 nitrogen and oxygen atoms in total. The first kappa shape index (κ1) is 16.2. The largest absolute Gasteiger partial charge is 0.327 e. The fourth-order valence-electron chi connectivity index (χ4n) is 2.47. The summed E-state index contributed by atoms with van der Waals surface area (Å²) in [6, 6.07) is 9.43. The molecule has 2 N–H and O–H groups in total. The van der Waals surface area contributed by atoms with Gasteiger partial charge in [-0.1, -0.05) is 70.2 Å². The van der Waals surface area contributed by atoms with Gasteiger partial charge in [0.2, 0.25) is 0 Å². The van der Waals surface area contributed by atoms with Crippen LogP contribution in [0.5, 0.6) is 0 Å². The van der Waals surface area contributed by atoms with Crippen molar-refractivity contribution in [1.29, 1.82) is 0 Å². The van der Waals surface area contributed by atoms with Crippen molar-refractivity contribution in [3.63, 3.8) is 0 Å². The van der Waals surface area contributed by atoms with Gasteiger partial charge in [0.15, 0.2) is 0 Å². The maximum absolute atomic E-state index is 6.14. The zero-order valence-electron chi connectivity index (χ0n) is 12.8. The molecular formula is C18H31N. The number of hydrogen-bond donors (Lipinski definition) is 1. The number of aryl methyl sites for hydroxylation is 1. The van der Waals surface area contributed by atoms with Crippen LogP contribution in [0.15, 0.2) is 24.3 Å². The molecule has 0 aliphatic rings. The van der Waals surface area contributed by atoms with E-state index < -0.39 is 0 Å². The molecule has 0 amide bonds. The van der Waals surface area contributed by atoms with Crippen LogP contribution in [-0.2, 0) is 12.8 Å². The Kier molecular flexibility index (Phi) is 8.57. The van der Waals surface area contributed by atoms with Gasteiger partial charge in [-0.3, -0.25) is 0 Å². The SMILES string of the molecule is CCCCCCc1ccc(CC(N)CCCC)cc1. The Labute approximate surface area is 119 Å². The summed E-state index contributed by atoms with van der Waals surface area (Å²) in [5, 5.41) is 0. The van der Waals surface area contributed by atoms with E-state index in [9.17, 15) is 0 Å². The first-order chi connectivity index (χ1) is 9.26. The van der Waals surface area contributed by atoms with E-state index in [2.05, 4.69) is 38.1 Å². The predicted molar refractivity (Wildman–Crippen MR) is 85.5 cm³/mol. The quantitative estimate of drug-likeness (QED) is 0.597. The van der Waals surface area contributed by atoms with Crippen molar-refractivity contribution in [2.24, 2.45) is 5.73 Å². The van der Waals surface area contributed by atoms with E-state index in [0.29, 0.717) is 6.04 Å². The molecule has 0 aromatic heterocycles. The summed E-state index contributed by atoms with van der Waals surface area (Å²) < 4.78 is 0. The summed E-state index contributed by atoms with van der Waals surface area (Å²) in [7, 11) is 0. The minimum absolute atomic E-state index is 0.329. The van der Waals surface area contributed by atoms with Gasteiger partial charge in [-0.25, -0.2) is 0 Å². The van der Waals surface area contributed by atoms with Gasteiger partial charge in [-0.2, -0.15) is 0 Å². The second-order valence-electron chi connectivity index (χ2n) is 5.73. The van der Waals surface area contributed by atoms with Gasteiger partial charge in [0.25, 0.3) is 0 Å². The lowest BCUT2D eigenvalue weighted by Gasteiger charge is -2.11. The highest BCUT2D eigenvalue weighted by molar-refractivity contribution is 5.23. The second kappa shape index (κ2) is 10.0. The molecule has 1 heteroatoms. The summed E-state index contributed by atoms with van der Waals surface area (Å²) in [4.78, 5) is 0. The van der Waals surface area contributed by atoms with Crippen LogP contribution in [0.3, 0.4) is 0 Å². The highest BCUT2D eigenvalue weighted by atomic mass is 14.6. The summed E-state index contributed by atoms with van der Waals surface area (Å²) >= 11 is 0. The molecule has 19 heavy (non-hydrogen) atoms. The Morgan fingerprint density at radius 2 is 1.47 bits per heavy atom. The third-order valence-electron chi connectivity index (χ3n) is 3.77. The summed E-state index contributed by atoms with van der Waals surface area (Å²) in [6.07, 6.45) is 11.2. The molecule has 1 aromatic rings. The summed E-state index contributed by atoms with van der Waals surface area (Å²) in [6.45, 7) is 4.48. The highest BCUT2D eigenvalue weighted by Gasteiger charge is 2.03. The smallest absolute Gasteiger partial charge is 0.00793 e. The molecule has 0 radical (unpaired) electrons. The molecule has 1 unspecified atom stereocenters. The molecule has 1 rings (SSSR count). The second-order valence-corrected chi connectivity index (χ2v) is 5.73. The van der Waals surface area contributed by atoms with Crippen LogP contribution in [0, 0.1) is 0 Å². The van der Waals surface area contributed by atoms with E-state index in [-0.39, 0.29) is 0 Å². The molecule has 0 aliphatic carbocycles. The zero-order valence-corrected chi connectivity index (χ0v) is 12.8. The number of benzene rings is 1. The number of nitrogens with two attached hydrogens (primary N) is 1. The molecule has 0 saturated heterocycles. The lowest BCUT2D eigenvalue weighted by molar-refractivity contribution is 0.574. The average Bonchev–Trinajstić information content (AvgIpc) is 2.43. The van der Waals surface area contributed by atoms with Gasteiger partial charge >= 0.3 is 0 Å². The van der Waals surface area contributed by atoms with Crippen LogP contribution in [0.4, 0.5) is 0 Å². The van der Waals surface area contributed by atoms with E-state index in [1.54, 1.807) is 0 Å². The monoisotopic (exact) mass is 261 g/mol. The van der Waals surface area contributed by atoms with Crippen LogP contribution < -0.4 is 5.73 Å². The topological polar surface area (TPSA) is 26.0 Å². The molecular weight excluding hydrogens is 230 g/mol. The van der Waals surface area contributed by atoms with Gasteiger partial charge in [0.1, 0.15) is 0 Å². The number of hydrogen-bond acceptors (Lipinski definition) is 1. The first-order valence-corrected chi connectivity index (χ1v) is 8.09. The normalized spacial score (nSPS) is 12.6. The molecule has 0 spiro atoms. The molecule has 0 fully saturated rings. The lowest BCUT2D eigenvalue weighted by Crippen LogP contribution is -2.22. The van der Waals surface area contributed by atoms with E-state index >= 15 is 0 Å². The van der Waals surface area contributed by atoms with E-state index in [0.717, 1.165) is 12.8 Å². The van der Waals surface area contributed by atoms with Crippen LogP contribution in [-0.4, -0.2) is 6.04 Å². The van der Waals surface area contributed by atoms with E-state index in [1.807, 2.05) is 0 Å². The number of unbranched alkanes of at least 4 members (excludes halogenated alkanes) is 4. The maximum Gasteiger partial charge on any atom is 0.00793 e. The van der Waals surface area contributed by atoms with Gasteiger partial charge in [0, 0.05) is 6.04 Å². The lowest BCUT2D eigenvalue weighted by atomic mass is 9.99. The third-order valence-corrected chi connectivity index (χ3v) is 3.77. The zero-order chi connectivity index (χ0) is 13.9. The van der Waals surface area contributed by atoms with Crippen LogP contribution in [0.25, 0.3) is 0 Å². The Bertz CT molecular complexity index is 315. The molecule has 1 aromatic carbocycles. The molecule has 0 aliphatic heterocycles. The van der Waals surface area contributed by atoms with Gasteiger partial charge < -0.3 is 5.73 Å². The van der Waals surface area contributed by atoms with E-state index in [4.69, 9.17) is 5.73 Å². The maximum atomic E-state index is 6.14. The van der Waals surface area contributed by atoms with Crippen molar-refractivity contribution in [3.05, 3.63) is 35.4 Å². The Morgan fingerprint density at radius 3 is 2.11 bits per heavy atom. The van der Waals surface area contributed by atoms with Gasteiger partial charge in [-0.15, -0.1) is 0 Å². The van der Waals surface area contributed by atoms with Crippen molar-refractivity contribution in [1.82, 2.24) is 0 Å². The van der Waals surface area contributed by atoms with Gasteiger partial charge in [0.05, 0.1) is 0 Å². The van der Waals surface area contributed by atoms with Crippen LogP contribution >= 0.6 is 0 Å². The fourth-order valence-corrected chi connectivity index (χ4v) is 2.47. The van der Waals surface area contributed by atoms with Crippen molar-refractivity contribution in [2.45, 2.75) is 77.7 Å². The fraction of sp³-hybridized carbons (Fsp3) is 0.667. The van der Waals surface area contributed by atoms with Crippen molar-refractivity contribution >= 4 is 0 Å². The molecule has 1 atom stereocenters. The van der Waals surface area contributed by atoms with Crippen molar-refractivity contribution in [3.8, 4) is 0 Å². The Hall–Kier alpha value is -0.820. The molecule has 0 saturated carbocycles. The van der Waals surface area contributed by atoms with Crippen molar-refractivity contribution in [2.75, 3.05) is 0 Å². The van der Waals surface area contributed by atoms with Crippen LogP contribution in [0.2, 0.25) is 0 Å². The molecule has 0 bridgehead atoms. The molecule has 0 heterocycles. The number of rotatable bonds is 10. The highest BCUT2D eigenvalue weighted by Crippen LogP contribution is 2.12. The third kappa shape index (κ3) is 7.37. The minimum Gasteiger partial charge on any atom is -0.327 e. The summed E-state index contributed by atoms with van der Waals surface area (Å²) in [5.41, 5.74) is 9.01. The Balaban J connectivity index is 2.30. The molecule has 108 valence electrons. The Morgan fingerprint density at radius 1 is 0.842 bits per heavy atom. The minimum atomic E-state index is 0.329. The van der Waals surface area contributed by atoms with Crippen LogP contribution in [0.1, 0.15) is 69.9 Å².